The van der Waals surface area contributed by atoms with E-state index in [0.29, 0.717) is 11.1 Å². The zero-order valence-corrected chi connectivity index (χ0v) is 21.9. The molecule has 1 atom stereocenters. The smallest absolute Gasteiger partial charge is 0.414 e. The number of carbonyl (C=O) groups is 4. The van der Waals surface area contributed by atoms with Crippen molar-refractivity contribution < 1.29 is 43.6 Å². The second kappa shape index (κ2) is 14.0. The van der Waals surface area contributed by atoms with Gasteiger partial charge < -0.3 is 24.8 Å². The highest BCUT2D eigenvalue weighted by Crippen LogP contribution is 2.14. The van der Waals surface area contributed by atoms with E-state index in [-0.39, 0.29) is 37.7 Å². The third kappa shape index (κ3) is 9.14. The molecule has 1 fully saturated rings. The number of likely N-dealkylation sites (tertiary alicyclic amines) is 1. The maximum atomic E-state index is 12.5. The van der Waals surface area contributed by atoms with Gasteiger partial charge in [0.2, 0.25) is 11.9 Å². The normalized spacial score (nSPS) is 13.0. The fourth-order valence-electron chi connectivity index (χ4n) is 3.39. The molecule has 4 N–H and O–H groups in total. The number of carbonyl (C=O) groups excluding carboxylic acids is 3. The zero-order chi connectivity index (χ0) is 30.8. The van der Waals surface area contributed by atoms with Gasteiger partial charge in [-0.3, -0.25) is 35.7 Å². The molecule has 1 aliphatic heterocycles. The second-order valence-corrected chi connectivity index (χ2v) is 8.80. The minimum absolute atomic E-state index is 0.0881. The number of non-ortho nitro benzene ring substituents is 2. The van der Waals surface area contributed by atoms with Gasteiger partial charge in [0.15, 0.2) is 0 Å². The summed E-state index contributed by atoms with van der Waals surface area (Å²) in [7, 11) is 0. The molecular weight excluding hydrogens is 562 g/mol. The first-order valence-corrected chi connectivity index (χ1v) is 12.1. The number of carboxylic acid groups (broad SMARTS) is 1. The van der Waals surface area contributed by atoms with E-state index < -0.39 is 52.1 Å². The quantitative estimate of drug-likeness (QED) is 0.143. The van der Waals surface area contributed by atoms with Crippen LogP contribution in [0.5, 0.6) is 0 Å². The first-order chi connectivity index (χ1) is 19.9. The molecule has 222 valence electrons. The summed E-state index contributed by atoms with van der Waals surface area (Å²) in [5.41, 5.74) is 0.541. The number of guanidine groups is 1. The molecule has 42 heavy (non-hydrogen) atoms. The molecule has 4 amide bonds. The number of aliphatic imine (C=N–C) groups is 1. The SMILES string of the molecule is C[C@H](N=C(NC(=O)OCc1ccc([N+](=O)[O-])cc1)NC(=O)OCc1ccc([N+](=O)[O-])cc1)C(=O)NC1CN(C(=O)O)C1. The Hall–Kier alpha value is -5.81. The van der Waals surface area contributed by atoms with E-state index in [2.05, 4.69) is 20.9 Å². The summed E-state index contributed by atoms with van der Waals surface area (Å²) in [6.07, 6.45) is -3.31. The van der Waals surface area contributed by atoms with E-state index in [1.165, 1.54) is 55.5 Å². The molecule has 18 nitrogen and oxygen atoms in total. The number of hydrogen-bond acceptors (Lipinski definition) is 11. The molecule has 1 heterocycles. The van der Waals surface area contributed by atoms with Crippen LogP contribution in [0.1, 0.15) is 18.1 Å². The van der Waals surface area contributed by atoms with Gasteiger partial charge in [0.1, 0.15) is 19.3 Å². The topological polar surface area (TPSA) is 245 Å². The molecule has 0 aromatic heterocycles. The van der Waals surface area contributed by atoms with Gasteiger partial charge in [-0.2, -0.15) is 0 Å². The molecule has 0 spiro atoms. The lowest BCUT2D eigenvalue weighted by Crippen LogP contribution is -2.61. The lowest BCUT2D eigenvalue weighted by Gasteiger charge is -2.37. The maximum absolute atomic E-state index is 12.5. The van der Waals surface area contributed by atoms with Crippen molar-refractivity contribution in [3.05, 3.63) is 79.9 Å². The molecule has 2 aromatic carbocycles. The molecule has 0 saturated carbocycles. The van der Waals surface area contributed by atoms with Crippen LogP contribution in [-0.4, -0.2) is 75.2 Å². The minimum Gasteiger partial charge on any atom is -0.465 e. The minimum atomic E-state index is -1.16. The number of nitrogens with one attached hydrogen (secondary N) is 3. The number of benzene rings is 2. The Morgan fingerprint density at radius 2 is 1.33 bits per heavy atom. The van der Waals surface area contributed by atoms with Crippen LogP contribution >= 0.6 is 0 Å². The monoisotopic (exact) mass is 587 g/mol. The number of nitro groups is 2. The molecule has 0 bridgehead atoms. The molecule has 18 heteroatoms. The Labute approximate surface area is 236 Å². The average Bonchev–Trinajstić information content (AvgIpc) is 2.92. The standard InChI is InChI=1S/C24H25N7O11/c1-14(20(32)26-17-10-29(11-17)24(35)36)25-21(27-22(33)41-12-15-2-6-18(7-3-15)30(37)38)28-23(34)42-13-16-4-8-19(9-5-16)31(39)40/h2-9,14,17H,10-13H2,1H3,(H,26,32)(H,35,36)(H2,25,27,28,33,34)/t14-/m0/s1. The van der Waals surface area contributed by atoms with Gasteiger partial charge in [0.25, 0.3) is 11.4 Å². The van der Waals surface area contributed by atoms with E-state index in [1.807, 2.05) is 0 Å². The van der Waals surface area contributed by atoms with Crippen LogP contribution in [0.25, 0.3) is 0 Å². The van der Waals surface area contributed by atoms with Crippen LogP contribution in [0.4, 0.5) is 25.8 Å². The molecular formula is C24H25N7O11. The Balaban J connectivity index is 1.61. The Kier molecular flexibility index (Phi) is 10.2. The predicted octanol–water partition coefficient (Wildman–Crippen LogP) is 1.88. The van der Waals surface area contributed by atoms with Gasteiger partial charge in [-0.15, -0.1) is 0 Å². The molecule has 1 saturated heterocycles. The van der Waals surface area contributed by atoms with Crippen molar-refractivity contribution in [3.8, 4) is 0 Å². The van der Waals surface area contributed by atoms with Crippen LogP contribution in [-0.2, 0) is 27.5 Å². The highest BCUT2D eigenvalue weighted by Gasteiger charge is 2.32. The Morgan fingerprint density at radius 3 is 1.71 bits per heavy atom. The summed E-state index contributed by atoms with van der Waals surface area (Å²) in [4.78, 5) is 73.7. The van der Waals surface area contributed by atoms with Crippen molar-refractivity contribution in [2.75, 3.05) is 13.1 Å². The fraction of sp³-hybridized carbons (Fsp3) is 0.292. The van der Waals surface area contributed by atoms with Gasteiger partial charge in [-0.1, -0.05) is 0 Å². The molecule has 3 rings (SSSR count). The molecule has 0 unspecified atom stereocenters. The number of nitrogens with zero attached hydrogens (tertiary/aromatic N) is 4. The lowest BCUT2D eigenvalue weighted by atomic mass is 10.1. The van der Waals surface area contributed by atoms with Crippen molar-refractivity contribution in [1.82, 2.24) is 20.9 Å². The van der Waals surface area contributed by atoms with E-state index in [1.54, 1.807) is 0 Å². The molecule has 0 aliphatic carbocycles. The van der Waals surface area contributed by atoms with Crippen molar-refractivity contribution in [3.63, 3.8) is 0 Å². The van der Waals surface area contributed by atoms with Crippen molar-refractivity contribution >= 4 is 41.5 Å². The van der Waals surface area contributed by atoms with Gasteiger partial charge in [-0.25, -0.2) is 19.4 Å². The van der Waals surface area contributed by atoms with E-state index >= 15 is 0 Å². The van der Waals surface area contributed by atoms with Crippen LogP contribution < -0.4 is 16.0 Å². The number of nitro benzene ring substituents is 2. The lowest BCUT2D eigenvalue weighted by molar-refractivity contribution is -0.385. The number of hydrogen-bond donors (Lipinski definition) is 4. The predicted molar refractivity (Wildman–Crippen MR) is 141 cm³/mol. The first-order valence-electron chi connectivity index (χ1n) is 12.1. The number of ether oxygens (including phenoxy) is 2. The zero-order valence-electron chi connectivity index (χ0n) is 21.9. The van der Waals surface area contributed by atoms with Crippen molar-refractivity contribution in [1.29, 1.82) is 0 Å². The summed E-state index contributed by atoms with van der Waals surface area (Å²) >= 11 is 0. The van der Waals surface area contributed by atoms with Gasteiger partial charge in [-0.05, 0) is 42.3 Å². The summed E-state index contributed by atoms with van der Waals surface area (Å²) < 4.78 is 10.1. The van der Waals surface area contributed by atoms with E-state index in [0.717, 1.165) is 4.90 Å². The van der Waals surface area contributed by atoms with Gasteiger partial charge in [0, 0.05) is 37.4 Å². The summed E-state index contributed by atoms with van der Waals surface area (Å²) in [5, 5.41) is 37.4. The second-order valence-electron chi connectivity index (χ2n) is 8.80. The van der Waals surface area contributed by atoms with E-state index in [9.17, 15) is 39.4 Å². The Bertz CT molecular complexity index is 1300. The maximum Gasteiger partial charge on any atom is 0.414 e. The van der Waals surface area contributed by atoms with Crippen LogP contribution in [0.15, 0.2) is 53.5 Å². The highest BCUT2D eigenvalue weighted by atomic mass is 16.6. The average molecular weight is 588 g/mol. The fourth-order valence-corrected chi connectivity index (χ4v) is 3.39. The summed E-state index contributed by atoms with van der Waals surface area (Å²) in [5.74, 6) is -1.13. The highest BCUT2D eigenvalue weighted by molar-refractivity contribution is 6.02. The number of amides is 4. The van der Waals surface area contributed by atoms with Gasteiger partial charge in [0.05, 0.1) is 15.9 Å². The summed E-state index contributed by atoms with van der Waals surface area (Å²) in [6, 6.07) is 8.83. The van der Waals surface area contributed by atoms with Crippen molar-refractivity contribution in [2.45, 2.75) is 32.2 Å². The number of rotatable bonds is 9. The van der Waals surface area contributed by atoms with Crippen molar-refractivity contribution in [2.24, 2.45) is 4.99 Å². The largest absolute Gasteiger partial charge is 0.465 e. The van der Waals surface area contributed by atoms with Gasteiger partial charge >= 0.3 is 18.3 Å². The van der Waals surface area contributed by atoms with E-state index in [4.69, 9.17) is 14.6 Å². The third-order valence-electron chi connectivity index (χ3n) is 5.68. The number of alkyl carbamates (subject to hydrolysis) is 2. The molecule has 1 aliphatic rings. The molecule has 0 radical (unpaired) electrons. The summed E-state index contributed by atoms with van der Waals surface area (Å²) in [6.45, 7) is 0.950. The van der Waals surface area contributed by atoms with Crippen LogP contribution in [0.3, 0.4) is 0 Å². The first kappa shape index (κ1) is 30.7. The third-order valence-corrected chi connectivity index (χ3v) is 5.68. The Morgan fingerprint density at radius 1 is 0.905 bits per heavy atom. The van der Waals surface area contributed by atoms with Crippen LogP contribution in [0, 0.1) is 20.2 Å². The van der Waals surface area contributed by atoms with Crippen LogP contribution in [0.2, 0.25) is 0 Å². The molecule has 2 aromatic rings.